The summed E-state index contributed by atoms with van der Waals surface area (Å²) >= 11 is 0. The number of nitrogens with zero attached hydrogens (tertiary/aromatic N) is 2. The Bertz CT molecular complexity index is 989. The van der Waals surface area contributed by atoms with Gasteiger partial charge in [0.25, 0.3) is 0 Å². The van der Waals surface area contributed by atoms with Crippen molar-refractivity contribution in [3.05, 3.63) is 83.1 Å². The van der Waals surface area contributed by atoms with E-state index in [4.69, 9.17) is 10.2 Å². The van der Waals surface area contributed by atoms with Crippen LogP contribution in [0.25, 0.3) is 0 Å². The number of aryl methyl sites for hydroxylation is 1. The molecule has 1 aromatic heterocycles. The molecular weight excluding hydrogens is 355 g/mol. The molecule has 1 unspecified atom stereocenters. The van der Waals surface area contributed by atoms with Crippen molar-refractivity contribution in [3.8, 4) is 0 Å². The van der Waals surface area contributed by atoms with E-state index >= 15 is 0 Å². The van der Waals surface area contributed by atoms with Crippen LogP contribution >= 0.6 is 0 Å². The molecule has 138 valence electrons. The van der Waals surface area contributed by atoms with Crippen LogP contribution in [-0.2, 0) is 6.18 Å². The smallest absolute Gasteiger partial charge is 0.416 e. The molecule has 0 fully saturated rings. The lowest BCUT2D eigenvalue weighted by molar-refractivity contribution is -0.137. The van der Waals surface area contributed by atoms with Crippen LogP contribution in [0.2, 0.25) is 0 Å². The van der Waals surface area contributed by atoms with Crippen molar-refractivity contribution in [2.75, 3.05) is 4.90 Å². The highest BCUT2D eigenvalue weighted by atomic mass is 19.4. The van der Waals surface area contributed by atoms with Crippen molar-refractivity contribution in [3.63, 3.8) is 0 Å². The monoisotopic (exact) mass is 371 g/mol. The average Bonchev–Trinajstić information content (AvgIpc) is 3.11. The number of alkyl halides is 3. The molecule has 3 aromatic rings. The number of aliphatic imine (C=N–C) groups is 1. The van der Waals surface area contributed by atoms with Crippen LogP contribution in [0.15, 0.2) is 70.3 Å². The lowest BCUT2D eigenvalue weighted by atomic mass is 10.1. The van der Waals surface area contributed by atoms with Gasteiger partial charge in [-0.2, -0.15) is 18.2 Å². The topological polar surface area (TPSA) is 54.8 Å². The number of hydrogen-bond donors (Lipinski definition) is 1. The Labute approximate surface area is 153 Å². The standard InChI is InChI=1S/C20H16F3N3O/c1-12-2-4-13(5-3-12)18-25-19-16(10-11-27-19)17(24)26(18)15-8-6-14(7-9-15)20(21,22)23/h2-11,17H,24H2,1H3. The molecule has 0 amide bonds. The molecule has 2 heterocycles. The maximum absolute atomic E-state index is 12.9. The van der Waals surface area contributed by atoms with Crippen molar-refractivity contribution >= 4 is 17.4 Å². The second kappa shape index (κ2) is 6.28. The number of halogens is 3. The molecule has 4 rings (SSSR count). The van der Waals surface area contributed by atoms with Crippen LogP contribution in [0.4, 0.5) is 24.7 Å². The van der Waals surface area contributed by atoms with Gasteiger partial charge in [0.05, 0.1) is 17.4 Å². The molecule has 1 atom stereocenters. The SMILES string of the molecule is Cc1ccc(C2=Nc3occc3C(N)N2c2ccc(C(F)(F)F)cc2)cc1. The van der Waals surface area contributed by atoms with E-state index in [9.17, 15) is 13.2 Å². The van der Waals surface area contributed by atoms with E-state index in [2.05, 4.69) is 4.99 Å². The summed E-state index contributed by atoms with van der Waals surface area (Å²) in [7, 11) is 0. The van der Waals surface area contributed by atoms with Gasteiger partial charge in [-0.05, 0) is 37.3 Å². The Morgan fingerprint density at radius 2 is 1.67 bits per heavy atom. The fraction of sp³-hybridized carbons (Fsp3) is 0.150. The number of benzene rings is 2. The quantitative estimate of drug-likeness (QED) is 0.677. The molecule has 0 saturated carbocycles. The molecule has 0 aliphatic carbocycles. The first-order valence-electron chi connectivity index (χ1n) is 8.30. The van der Waals surface area contributed by atoms with Crippen molar-refractivity contribution in [1.82, 2.24) is 0 Å². The van der Waals surface area contributed by atoms with Gasteiger partial charge in [-0.15, -0.1) is 0 Å². The third-order valence-corrected chi connectivity index (χ3v) is 4.49. The highest BCUT2D eigenvalue weighted by Gasteiger charge is 2.33. The van der Waals surface area contributed by atoms with Crippen LogP contribution < -0.4 is 10.6 Å². The molecule has 0 radical (unpaired) electrons. The number of rotatable bonds is 2. The third-order valence-electron chi connectivity index (χ3n) is 4.49. The Balaban J connectivity index is 1.82. The lowest BCUT2D eigenvalue weighted by Crippen LogP contribution is -2.42. The number of fused-ring (bicyclic) bond motifs is 1. The summed E-state index contributed by atoms with van der Waals surface area (Å²) in [6.45, 7) is 1.97. The molecule has 1 aliphatic rings. The molecular formula is C20H16F3N3O. The molecule has 27 heavy (non-hydrogen) atoms. The van der Waals surface area contributed by atoms with Gasteiger partial charge in [0, 0.05) is 11.3 Å². The van der Waals surface area contributed by atoms with E-state index in [1.54, 1.807) is 11.0 Å². The van der Waals surface area contributed by atoms with E-state index < -0.39 is 17.9 Å². The molecule has 7 heteroatoms. The fourth-order valence-electron chi connectivity index (χ4n) is 3.05. The Morgan fingerprint density at radius 3 is 2.30 bits per heavy atom. The van der Waals surface area contributed by atoms with E-state index in [-0.39, 0.29) is 0 Å². The Hall–Kier alpha value is -3.06. The first-order valence-corrected chi connectivity index (χ1v) is 8.30. The van der Waals surface area contributed by atoms with Crippen molar-refractivity contribution in [2.24, 2.45) is 10.7 Å². The van der Waals surface area contributed by atoms with Crippen LogP contribution in [0.3, 0.4) is 0 Å². The predicted molar refractivity (Wildman–Crippen MR) is 96.9 cm³/mol. The summed E-state index contributed by atoms with van der Waals surface area (Å²) in [5.74, 6) is 0.922. The zero-order chi connectivity index (χ0) is 19.2. The fourth-order valence-corrected chi connectivity index (χ4v) is 3.05. The zero-order valence-corrected chi connectivity index (χ0v) is 14.4. The highest BCUT2D eigenvalue weighted by molar-refractivity contribution is 6.12. The minimum absolute atomic E-state index is 0.404. The minimum atomic E-state index is -4.39. The number of amidine groups is 1. The maximum Gasteiger partial charge on any atom is 0.416 e. The number of anilines is 1. The summed E-state index contributed by atoms with van der Waals surface area (Å²) in [5, 5.41) is 0. The molecule has 2 aromatic carbocycles. The summed E-state index contributed by atoms with van der Waals surface area (Å²) < 4.78 is 44.1. The normalized spacial score (nSPS) is 16.9. The first-order chi connectivity index (χ1) is 12.8. The van der Waals surface area contributed by atoms with Gasteiger partial charge in [0.1, 0.15) is 12.0 Å². The van der Waals surface area contributed by atoms with Crippen LogP contribution in [0, 0.1) is 6.92 Å². The zero-order valence-electron chi connectivity index (χ0n) is 14.4. The molecule has 0 bridgehead atoms. The Kier molecular flexibility index (Phi) is 4.04. The van der Waals surface area contributed by atoms with Crippen LogP contribution in [0.1, 0.15) is 28.4 Å². The van der Waals surface area contributed by atoms with E-state index in [1.807, 2.05) is 31.2 Å². The Morgan fingerprint density at radius 1 is 1.00 bits per heavy atom. The van der Waals surface area contributed by atoms with Crippen molar-refractivity contribution in [1.29, 1.82) is 0 Å². The number of furan rings is 1. The van der Waals surface area contributed by atoms with E-state index in [0.29, 0.717) is 23.0 Å². The average molecular weight is 371 g/mol. The number of hydrogen-bond acceptors (Lipinski definition) is 4. The van der Waals surface area contributed by atoms with E-state index in [0.717, 1.165) is 23.3 Å². The largest absolute Gasteiger partial charge is 0.446 e. The van der Waals surface area contributed by atoms with Crippen molar-refractivity contribution in [2.45, 2.75) is 19.3 Å². The molecule has 2 N–H and O–H groups in total. The van der Waals surface area contributed by atoms with Crippen molar-refractivity contribution < 1.29 is 17.6 Å². The van der Waals surface area contributed by atoms with Gasteiger partial charge < -0.3 is 15.1 Å². The lowest BCUT2D eigenvalue weighted by Gasteiger charge is -2.34. The highest BCUT2D eigenvalue weighted by Crippen LogP contribution is 2.38. The predicted octanol–water partition coefficient (Wildman–Crippen LogP) is 5.16. The molecule has 4 nitrogen and oxygen atoms in total. The summed E-state index contributed by atoms with van der Waals surface area (Å²) in [6, 6.07) is 14.3. The molecule has 0 saturated heterocycles. The first kappa shape index (κ1) is 17.4. The molecule has 0 spiro atoms. The van der Waals surface area contributed by atoms with Gasteiger partial charge in [-0.25, -0.2) is 0 Å². The van der Waals surface area contributed by atoms with Gasteiger partial charge in [-0.1, -0.05) is 29.8 Å². The molecule has 1 aliphatic heterocycles. The third kappa shape index (κ3) is 3.10. The second-order valence-electron chi connectivity index (χ2n) is 6.34. The summed E-state index contributed by atoms with van der Waals surface area (Å²) in [6.07, 6.45) is -3.53. The number of nitrogens with two attached hydrogens (primary N) is 1. The minimum Gasteiger partial charge on any atom is -0.446 e. The second-order valence-corrected chi connectivity index (χ2v) is 6.34. The van der Waals surface area contributed by atoms with Gasteiger partial charge >= 0.3 is 6.18 Å². The van der Waals surface area contributed by atoms with Crippen LogP contribution in [0.5, 0.6) is 0 Å². The summed E-state index contributed by atoms with van der Waals surface area (Å²) in [4.78, 5) is 6.27. The maximum atomic E-state index is 12.9. The van der Waals surface area contributed by atoms with Crippen LogP contribution in [-0.4, -0.2) is 5.84 Å². The van der Waals surface area contributed by atoms with E-state index in [1.165, 1.54) is 18.4 Å². The van der Waals surface area contributed by atoms with Gasteiger partial charge in [-0.3, -0.25) is 0 Å². The van der Waals surface area contributed by atoms with Gasteiger partial charge in [0.2, 0.25) is 5.88 Å². The summed E-state index contributed by atoms with van der Waals surface area (Å²) in [5.41, 5.74) is 8.76. The van der Waals surface area contributed by atoms with Gasteiger partial charge in [0.15, 0.2) is 0 Å².